The van der Waals surface area contributed by atoms with E-state index in [2.05, 4.69) is 47.6 Å². The Morgan fingerprint density at radius 3 is 2.20 bits per heavy atom. The van der Waals surface area contributed by atoms with E-state index in [1.165, 1.54) is 18.3 Å². The molecule has 4 heteroatoms. The largest absolute Gasteiger partial charge is 0.468 e. The first-order valence-corrected chi connectivity index (χ1v) is 13.7. The van der Waals surface area contributed by atoms with Gasteiger partial charge in [-0.25, -0.2) is 0 Å². The van der Waals surface area contributed by atoms with Crippen molar-refractivity contribution >= 4 is 17.5 Å². The van der Waals surface area contributed by atoms with Crippen LogP contribution in [0.1, 0.15) is 99.8 Å². The number of carbonyl (C=O) groups is 3. The fraction of sp³-hybridized carbons (Fsp3) is 0.774. The van der Waals surface area contributed by atoms with Crippen LogP contribution in [0.3, 0.4) is 0 Å². The number of carbonyl (C=O) groups excluding carboxylic acids is 3. The second-order valence-electron chi connectivity index (χ2n) is 14.4. The second-order valence-corrected chi connectivity index (χ2v) is 14.4. The van der Waals surface area contributed by atoms with Crippen molar-refractivity contribution in [1.82, 2.24) is 0 Å². The van der Waals surface area contributed by atoms with Gasteiger partial charge in [0.25, 0.3) is 0 Å². The third kappa shape index (κ3) is 2.95. The zero-order valence-corrected chi connectivity index (χ0v) is 23.1. The van der Waals surface area contributed by atoms with Gasteiger partial charge in [-0.2, -0.15) is 0 Å². The molecule has 0 aromatic heterocycles. The summed E-state index contributed by atoms with van der Waals surface area (Å²) in [6.07, 6.45) is 11.3. The zero-order chi connectivity index (χ0) is 25.8. The van der Waals surface area contributed by atoms with Gasteiger partial charge in [-0.15, -0.1) is 0 Å². The molecule has 0 saturated heterocycles. The minimum absolute atomic E-state index is 0.0112. The van der Waals surface area contributed by atoms with Gasteiger partial charge in [0.1, 0.15) is 5.78 Å². The quantitative estimate of drug-likeness (QED) is 0.395. The highest BCUT2D eigenvalue weighted by molar-refractivity contribution is 5.97. The lowest BCUT2D eigenvalue weighted by molar-refractivity contribution is -0.182. The summed E-state index contributed by atoms with van der Waals surface area (Å²) in [5.74, 6) is 0.580. The molecule has 0 bridgehead atoms. The van der Waals surface area contributed by atoms with Crippen LogP contribution < -0.4 is 0 Å². The maximum absolute atomic E-state index is 14.2. The molecule has 0 aromatic carbocycles. The Labute approximate surface area is 211 Å². The summed E-state index contributed by atoms with van der Waals surface area (Å²) in [5, 5.41) is 0. The highest BCUT2D eigenvalue weighted by Crippen LogP contribution is 2.74. The van der Waals surface area contributed by atoms with Gasteiger partial charge in [0, 0.05) is 17.8 Å². The van der Waals surface area contributed by atoms with Crippen molar-refractivity contribution in [2.75, 3.05) is 7.11 Å². The molecule has 0 spiro atoms. The number of methoxy groups -OCH3 is 1. The van der Waals surface area contributed by atoms with Gasteiger partial charge < -0.3 is 4.74 Å². The van der Waals surface area contributed by atoms with Crippen LogP contribution in [0.4, 0.5) is 0 Å². The van der Waals surface area contributed by atoms with Crippen LogP contribution in [0.5, 0.6) is 0 Å². The van der Waals surface area contributed by atoms with Gasteiger partial charge in [-0.3, -0.25) is 14.4 Å². The topological polar surface area (TPSA) is 60.4 Å². The molecule has 4 nitrogen and oxygen atoms in total. The molecule has 3 saturated carbocycles. The number of allylic oxidation sites excluding steroid dienone is 3. The lowest BCUT2D eigenvalue weighted by Gasteiger charge is -2.68. The number of ether oxygens (including phenoxy) is 1. The summed E-state index contributed by atoms with van der Waals surface area (Å²) < 4.78 is 5.20. The van der Waals surface area contributed by atoms with Gasteiger partial charge in [0.05, 0.1) is 12.5 Å². The van der Waals surface area contributed by atoms with Gasteiger partial charge in [-0.05, 0) is 96.7 Å². The van der Waals surface area contributed by atoms with Crippen molar-refractivity contribution in [1.29, 1.82) is 0 Å². The molecule has 5 aliphatic rings. The molecule has 0 aromatic rings. The Bertz CT molecular complexity index is 1080. The molecule has 0 aliphatic heterocycles. The highest BCUT2D eigenvalue weighted by Gasteiger charge is 2.69. The molecule has 35 heavy (non-hydrogen) atoms. The molecule has 0 amide bonds. The van der Waals surface area contributed by atoms with Gasteiger partial charge in [0.2, 0.25) is 0 Å². The fourth-order valence-electron chi connectivity index (χ4n) is 9.79. The standard InChI is InChI=1S/C31H44O4/c1-26(2)22-9-12-31(7)24(29(22,5)11-10-23(26)33)21(32)17-19-20-18-28(4,25(34)35-8)14-13-27(20,3)15-16-30(19,31)6/h17-18,22,24H,9-16H2,1-8H3/t22-,24+,27-,28-,29+,30+,31-/m0/s1. The SMILES string of the molecule is COC(=O)[C@]1(C)C=C2C3=CC(=O)[C@@H]4[C@]5(C)CCC(=O)C(C)(C)[C@@H]5CC[C@]4(C)[C@]3(C)CC[C@]2(C)CC1. The zero-order valence-electron chi connectivity index (χ0n) is 23.1. The number of fused-ring (bicyclic) bond motifs is 7. The Morgan fingerprint density at radius 1 is 0.886 bits per heavy atom. The summed E-state index contributed by atoms with van der Waals surface area (Å²) in [7, 11) is 1.47. The normalized spacial score (nSPS) is 48.5. The van der Waals surface area contributed by atoms with Crippen molar-refractivity contribution in [3.63, 3.8) is 0 Å². The van der Waals surface area contributed by atoms with Crippen LogP contribution in [-0.4, -0.2) is 24.6 Å². The summed E-state index contributed by atoms with van der Waals surface area (Å²) in [6, 6.07) is 0. The van der Waals surface area contributed by atoms with Gasteiger partial charge in [0.15, 0.2) is 5.78 Å². The van der Waals surface area contributed by atoms with Crippen LogP contribution in [-0.2, 0) is 19.1 Å². The number of rotatable bonds is 1. The summed E-state index contributed by atoms with van der Waals surface area (Å²) >= 11 is 0. The minimum atomic E-state index is -0.652. The molecule has 5 rings (SSSR count). The third-order valence-corrected chi connectivity index (χ3v) is 12.4. The molecular formula is C31H44O4. The molecule has 0 N–H and O–H groups in total. The molecule has 192 valence electrons. The van der Waals surface area contributed by atoms with E-state index in [1.807, 2.05) is 13.0 Å². The minimum Gasteiger partial charge on any atom is -0.468 e. The maximum Gasteiger partial charge on any atom is 0.315 e. The van der Waals surface area contributed by atoms with Crippen molar-refractivity contribution in [2.24, 2.45) is 44.3 Å². The first kappa shape index (κ1) is 25.0. The Morgan fingerprint density at radius 2 is 1.54 bits per heavy atom. The monoisotopic (exact) mass is 480 g/mol. The Balaban J connectivity index is 1.67. The van der Waals surface area contributed by atoms with Crippen LogP contribution in [0.15, 0.2) is 23.3 Å². The first-order chi connectivity index (χ1) is 16.1. The molecular weight excluding hydrogens is 436 g/mol. The average molecular weight is 481 g/mol. The van der Waals surface area contributed by atoms with Crippen molar-refractivity contribution in [2.45, 2.75) is 99.8 Å². The van der Waals surface area contributed by atoms with Crippen molar-refractivity contribution in [3.8, 4) is 0 Å². The lowest BCUT2D eigenvalue weighted by Crippen LogP contribution is -2.65. The molecule has 5 aliphatic carbocycles. The van der Waals surface area contributed by atoms with E-state index >= 15 is 0 Å². The summed E-state index contributed by atoms with van der Waals surface area (Å²) in [6.45, 7) is 15.6. The number of esters is 1. The fourth-order valence-corrected chi connectivity index (χ4v) is 9.79. The van der Waals surface area contributed by atoms with Crippen LogP contribution in [0.25, 0.3) is 0 Å². The summed E-state index contributed by atoms with van der Waals surface area (Å²) in [5.41, 5.74) is 0.877. The van der Waals surface area contributed by atoms with E-state index < -0.39 is 5.41 Å². The third-order valence-electron chi connectivity index (χ3n) is 12.4. The van der Waals surface area contributed by atoms with Gasteiger partial charge >= 0.3 is 5.97 Å². The molecule has 3 fully saturated rings. The van der Waals surface area contributed by atoms with E-state index in [9.17, 15) is 14.4 Å². The molecule has 0 heterocycles. The highest BCUT2D eigenvalue weighted by atomic mass is 16.5. The molecule has 0 radical (unpaired) electrons. The average Bonchev–Trinajstić information content (AvgIpc) is 2.78. The number of Topliss-reactive ketones (excluding diaryl/α,β-unsaturated/α-hetero) is 1. The maximum atomic E-state index is 14.2. The van der Waals surface area contributed by atoms with E-state index in [-0.39, 0.29) is 50.7 Å². The second kappa shape index (κ2) is 7.19. The van der Waals surface area contributed by atoms with E-state index in [1.54, 1.807) is 0 Å². The first-order valence-electron chi connectivity index (χ1n) is 13.7. The number of ketones is 2. The van der Waals surface area contributed by atoms with Crippen LogP contribution >= 0.6 is 0 Å². The van der Waals surface area contributed by atoms with E-state index in [4.69, 9.17) is 4.74 Å². The molecule has 7 atom stereocenters. The number of hydrogen-bond donors (Lipinski definition) is 0. The van der Waals surface area contributed by atoms with Crippen LogP contribution in [0.2, 0.25) is 0 Å². The number of hydrogen-bond acceptors (Lipinski definition) is 4. The predicted molar refractivity (Wildman–Crippen MR) is 136 cm³/mol. The van der Waals surface area contributed by atoms with E-state index in [0.29, 0.717) is 12.2 Å². The molecule has 0 unspecified atom stereocenters. The van der Waals surface area contributed by atoms with Crippen molar-refractivity contribution < 1.29 is 19.1 Å². The smallest absolute Gasteiger partial charge is 0.315 e. The predicted octanol–water partition coefficient (Wildman–Crippen LogP) is 6.63. The Kier molecular flexibility index (Phi) is 5.13. The van der Waals surface area contributed by atoms with Crippen molar-refractivity contribution in [3.05, 3.63) is 23.3 Å². The Hall–Kier alpha value is -1.71. The summed E-state index contributed by atoms with van der Waals surface area (Å²) in [4.78, 5) is 39.9. The van der Waals surface area contributed by atoms with Gasteiger partial charge in [-0.1, -0.05) is 47.6 Å². The van der Waals surface area contributed by atoms with E-state index in [0.717, 1.165) is 44.9 Å². The van der Waals surface area contributed by atoms with Crippen LogP contribution in [0, 0.1) is 44.3 Å². The lowest BCUT2D eigenvalue weighted by atomic mass is 9.34.